The molecule has 0 aliphatic heterocycles. The Labute approximate surface area is 110 Å². The average Bonchev–Trinajstić information content (AvgIpc) is 2.82. The van der Waals surface area contributed by atoms with Crippen LogP contribution in [0.1, 0.15) is 0 Å². The molecule has 0 saturated carbocycles. The van der Waals surface area contributed by atoms with Crippen molar-refractivity contribution in [1.82, 2.24) is 19.9 Å². The number of hydrogen-bond acceptors (Lipinski definition) is 5. The van der Waals surface area contributed by atoms with Gasteiger partial charge in [-0.05, 0) is 18.2 Å². The minimum atomic E-state index is 0.659. The molecule has 0 radical (unpaired) electrons. The molecule has 0 unspecified atom stereocenters. The lowest BCUT2D eigenvalue weighted by Crippen LogP contribution is -2.10. The molecular formula is C13H14N6. The number of aromatic amines is 1. The zero-order valence-corrected chi connectivity index (χ0v) is 10.8. The van der Waals surface area contributed by atoms with Crippen LogP contribution in [0.2, 0.25) is 0 Å². The molecule has 3 rings (SSSR count). The van der Waals surface area contributed by atoms with Crippen molar-refractivity contribution in [3.8, 4) is 11.4 Å². The minimum Gasteiger partial charge on any atom is -0.399 e. The molecule has 3 aromatic rings. The van der Waals surface area contributed by atoms with E-state index in [1.165, 1.54) is 6.33 Å². The number of nitrogens with two attached hydrogens (primary N) is 1. The van der Waals surface area contributed by atoms with Crippen molar-refractivity contribution in [2.45, 2.75) is 0 Å². The Morgan fingerprint density at radius 1 is 1.26 bits per heavy atom. The van der Waals surface area contributed by atoms with Gasteiger partial charge in [-0.2, -0.15) is 0 Å². The van der Waals surface area contributed by atoms with Crippen molar-refractivity contribution >= 4 is 22.5 Å². The van der Waals surface area contributed by atoms with Crippen LogP contribution in [0, 0.1) is 0 Å². The average molecular weight is 254 g/mol. The normalized spacial score (nSPS) is 10.8. The van der Waals surface area contributed by atoms with Gasteiger partial charge >= 0.3 is 0 Å². The van der Waals surface area contributed by atoms with Gasteiger partial charge in [0.05, 0.1) is 6.20 Å². The first kappa shape index (κ1) is 11.5. The second-order valence-electron chi connectivity index (χ2n) is 4.52. The summed E-state index contributed by atoms with van der Waals surface area (Å²) in [4.78, 5) is 17.8. The van der Waals surface area contributed by atoms with Crippen LogP contribution >= 0.6 is 0 Å². The number of nitrogens with zero attached hydrogens (tertiary/aromatic N) is 4. The van der Waals surface area contributed by atoms with Gasteiger partial charge in [-0.15, -0.1) is 0 Å². The molecule has 0 bridgehead atoms. The van der Waals surface area contributed by atoms with Crippen molar-refractivity contribution in [2.75, 3.05) is 24.7 Å². The molecule has 2 aromatic heterocycles. The number of fused-ring (bicyclic) bond motifs is 1. The van der Waals surface area contributed by atoms with Crippen molar-refractivity contribution < 1.29 is 0 Å². The number of rotatable bonds is 2. The number of benzene rings is 1. The molecule has 6 heteroatoms. The third-order valence-electron chi connectivity index (χ3n) is 2.92. The monoisotopic (exact) mass is 254 g/mol. The molecule has 0 amide bonds. The van der Waals surface area contributed by atoms with Crippen molar-refractivity contribution in [1.29, 1.82) is 0 Å². The summed E-state index contributed by atoms with van der Waals surface area (Å²) in [6.45, 7) is 0. The highest BCUT2D eigenvalue weighted by molar-refractivity contribution is 5.82. The van der Waals surface area contributed by atoms with E-state index in [0.717, 1.165) is 28.3 Å². The topological polar surface area (TPSA) is 83.7 Å². The number of nitrogens with one attached hydrogen (secondary N) is 1. The van der Waals surface area contributed by atoms with E-state index in [0.29, 0.717) is 5.65 Å². The van der Waals surface area contributed by atoms with Gasteiger partial charge in [-0.3, -0.25) is 0 Å². The first-order valence-corrected chi connectivity index (χ1v) is 5.88. The Morgan fingerprint density at radius 3 is 2.84 bits per heavy atom. The molecule has 0 fully saturated rings. The highest BCUT2D eigenvalue weighted by Gasteiger charge is 2.12. The molecule has 0 spiro atoms. The lowest BCUT2D eigenvalue weighted by molar-refractivity contribution is 1.13. The quantitative estimate of drug-likeness (QED) is 0.679. The van der Waals surface area contributed by atoms with Gasteiger partial charge in [-0.1, -0.05) is 0 Å². The van der Waals surface area contributed by atoms with E-state index in [1.807, 2.05) is 37.2 Å². The summed E-state index contributed by atoms with van der Waals surface area (Å²) < 4.78 is 0. The molecule has 19 heavy (non-hydrogen) atoms. The standard InChI is InChI=1S/C13H14N6/c1-19(2)11-5-8(14)3-4-9(11)12-17-10-6-15-7-16-13(10)18-12/h3-7H,14H2,1-2H3,(H,15,16,17,18). The van der Waals surface area contributed by atoms with Gasteiger partial charge in [-0.25, -0.2) is 15.0 Å². The van der Waals surface area contributed by atoms with Crippen LogP contribution in [-0.4, -0.2) is 34.0 Å². The van der Waals surface area contributed by atoms with Gasteiger partial charge in [0, 0.05) is 31.0 Å². The molecule has 6 nitrogen and oxygen atoms in total. The predicted molar refractivity (Wildman–Crippen MR) is 75.9 cm³/mol. The maximum atomic E-state index is 5.84. The van der Waals surface area contributed by atoms with Crippen LogP contribution in [0.3, 0.4) is 0 Å². The van der Waals surface area contributed by atoms with Crippen molar-refractivity contribution in [3.63, 3.8) is 0 Å². The number of H-pyrrole nitrogens is 1. The van der Waals surface area contributed by atoms with Gasteiger partial charge in [0.2, 0.25) is 0 Å². The Balaban J connectivity index is 2.20. The van der Waals surface area contributed by atoms with Gasteiger partial charge in [0.25, 0.3) is 0 Å². The van der Waals surface area contributed by atoms with Crippen molar-refractivity contribution in [2.24, 2.45) is 0 Å². The molecule has 0 aliphatic rings. The van der Waals surface area contributed by atoms with Crippen LogP contribution in [0.4, 0.5) is 11.4 Å². The number of hydrogen-bond donors (Lipinski definition) is 2. The Morgan fingerprint density at radius 2 is 2.11 bits per heavy atom. The van der Waals surface area contributed by atoms with Crippen LogP contribution < -0.4 is 10.6 Å². The minimum absolute atomic E-state index is 0.659. The third kappa shape index (κ3) is 1.97. The number of imidazole rings is 1. The summed E-state index contributed by atoms with van der Waals surface area (Å²) in [6.07, 6.45) is 3.20. The summed E-state index contributed by atoms with van der Waals surface area (Å²) in [6, 6.07) is 5.74. The molecule has 3 N–H and O–H groups in total. The molecule has 1 aromatic carbocycles. The van der Waals surface area contributed by atoms with E-state index in [-0.39, 0.29) is 0 Å². The summed E-state index contributed by atoms with van der Waals surface area (Å²) in [7, 11) is 3.95. The van der Waals surface area contributed by atoms with E-state index in [2.05, 4.69) is 19.9 Å². The molecule has 2 heterocycles. The van der Waals surface area contributed by atoms with Crippen molar-refractivity contribution in [3.05, 3.63) is 30.7 Å². The summed E-state index contributed by atoms with van der Waals surface area (Å²) in [5, 5.41) is 0. The molecule has 0 atom stereocenters. The van der Waals surface area contributed by atoms with E-state index in [1.54, 1.807) is 6.20 Å². The van der Waals surface area contributed by atoms with E-state index >= 15 is 0 Å². The molecule has 0 saturated heterocycles. The fourth-order valence-electron chi connectivity index (χ4n) is 2.01. The highest BCUT2D eigenvalue weighted by Crippen LogP contribution is 2.30. The lowest BCUT2D eigenvalue weighted by atomic mass is 10.1. The second kappa shape index (κ2) is 4.24. The van der Waals surface area contributed by atoms with Crippen LogP contribution in [0.5, 0.6) is 0 Å². The maximum Gasteiger partial charge on any atom is 0.181 e. The molecule has 96 valence electrons. The highest BCUT2D eigenvalue weighted by atomic mass is 15.1. The number of anilines is 2. The van der Waals surface area contributed by atoms with Crippen LogP contribution in [-0.2, 0) is 0 Å². The second-order valence-corrected chi connectivity index (χ2v) is 4.52. The largest absolute Gasteiger partial charge is 0.399 e. The van der Waals surface area contributed by atoms with E-state index in [9.17, 15) is 0 Å². The van der Waals surface area contributed by atoms with E-state index in [4.69, 9.17) is 5.73 Å². The Bertz CT molecular complexity index is 698. The number of nitrogen functional groups attached to an aromatic ring is 1. The molecule has 0 aliphatic carbocycles. The summed E-state index contributed by atoms with van der Waals surface area (Å²) >= 11 is 0. The zero-order valence-electron chi connectivity index (χ0n) is 10.8. The van der Waals surface area contributed by atoms with Gasteiger partial charge < -0.3 is 15.6 Å². The summed E-state index contributed by atoms with van der Waals surface area (Å²) in [5.74, 6) is 0.763. The van der Waals surface area contributed by atoms with Gasteiger partial charge in [0.15, 0.2) is 5.65 Å². The fourth-order valence-corrected chi connectivity index (χ4v) is 2.01. The first-order chi connectivity index (χ1) is 9.15. The first-order valence-electron chi connectivity index (χ1n) is 5.88. The molecular weight excluding hydrogens is 240 g/mol. The van der Waals surface area contributed by atoms with Gasteiger partial charge in [0.1, 0.15) is 17.7 Å². The Kier molecular flexibility index (Phi) is 2.56. The number of aromatic nitrogens is 4. The summed E-state index contributed by atoms with van der Waals surface area (Å²) in [5.41, 5.74) is 10.0. The SMILES string of the molecule is CN(C)c1cc(N)ccc1-c1nc2ncncc2[nH]1. The van der Waals surface area contributed by atoms with E-state index < -0.39 is 0 Å². The fraction of sp³-hybridized carbons (Fsp3) is 0.154. The smallest absolute Gasteiger partial charge is 0.181 e. The Hall–Kier alpha value is -2.63. The maximum absolute atomic E-state index is 5.84. The third-order valence-corrected chi connectivity index (χ3v) is 2.92. The predicted octanol–water partition coefficient (Wildman–Crippen LogP) is 1.67. The zero-order chi connectivity index (χ0) is 13.4. The van der Waals surface area contributed by atoms with Crippen LogP contribution in [0.15, 0.2) is 30.7 Å². The van der Waals surface area contributed by atoms with Crippen LogP contribution in [0.25, 0.3) is 22.6 Å². The lowest BCUT2D eigenvalue weighted by Gasteiger charge is -2.16.